The minimum absolute atomic E-state index is 0.0784. The van der Waals surface area contributed by atoms with Crippen LogP contribution in [0.4, 0.5) is 5.69 Å². The van der Waals surface area contributed by atoms with Gasteiger partial charge in [0.15, 0.2) is 6.10 Å². The molecule has 1 heterocycles. The first-order chi connectivity index (χ1) is 12.0. The zero-order valence-electron chi connectivity index (χ0n) is 12.9. The van der Waals surface area contributed by atoms with E-state index >= 15 is 0 Å². The van der Waals surface area contributed by atoms with E-state index in [1.807, 2.05) is 0 Å². The molecule has 3 rings (SSSR count). The number of thioether (sulfide) groups is 1. The van der Waals surface area contributed by atoms with Gasteiger partial charge in [-0.25, -0.2) is 0 Å². The van der Waals surface area contributed by atoms with Crippen molar-refractivity contribution in [1.29, 1.82) is 0 Å². The number of fused-ring (bicyclic) bond motifs is 1. The lowest BCUT2D eigenvalue weighted by molar-refractivity contribution is -0.125. The molecule has 1 aliphatic heterocycles. The molecule has 2 amide bonds. The van der Waals surface area contributed by atoms with E-state index in [2.05, 4.69) is 0 Å². The summed E-state index contributed by atoms with van der Waals surface area (Å²) in [6.07, 6.45) is -0.876. The summed E-state index contributed by atoms with van der Waals surface area (Å²) in [4.78, 5) is 26.5. The molecule has 2 aromatic rings. The molecule has 130 valence electrons. The summed E-state index contributed by atoms with van der Waals surface area (Å²) < 4.78 is 5.56. The predicted molar refractivity (Wildman–Crippen MR) is 99.6 cm³/mol. The van der Waals surface area contributed by atoms with Crippen molar-refractivity contribution in [2.45, 2.75) is 11.0 Å². The van der Waals surface area contributed by atoms with Crippen molar-refractivity contribution < 1.29 is 14.3 Å². The maximum absolute atomic E-state index is 12.7. The largest absolute Gasteiger partial charge is 0.477 e. The number of ether oxygens (including phenoxy) is 1. The second-order valence-electron chi connectivity index (χ2n) is 5.34. The predicted octanol–water partition coefficient (Wildman–Crippen LogP) is 3.37. The molecule has 8 heteroatoms. The number of rotatable bonds is 4. The lowest BCUT2D eigenvalue weighted by atomic mass is 10.2. The zero-order valence-corrected chi connectivity index (χ0v) is 15.3. The van der Waals surface area contributed by atoms with Gasteiger partial charge in [-0.2, -0.15) is 0 Å². The van der Waals surface area contributed by atoms with Crippen molar-refractivity contribution in [3.05, 3.63) is 52.5 Å². The number of anilines is 1. The van der Waals surface area contributed by atoms with Crippen molar-refractivity contribution in [3.8, 4) is 5.75 Å². The first-order valence-electron chi connectivity index (χ1n) is 7.39. The number of hydrogen-bond donors (Lipinski definition) is 1. The Morgan fingerprint density at radius 2 is 2.00 bits per heavy atom. The molecule has 0 bridgehead atoms. The summed E-state index contributed by atoms with van der Waals surface area (Å²) in [5.74, 6) is -0.197. The standard InChI is InChI=1S/C17H14Cl2N2O3S/c18-10-5-6-11(19)15(7-10)25-9-16(22)21-8-14(17(20)23)24-13-4-2-1-3-12(13)21/h1-7,14H,8-9H2,(H2,20,23)/t14-/m1/s1. The van der Waals surface area contributed by atoms with Crippen LogP contribution in [0.3, 0.4) is 0 Å². The van der Waals surface area contributed by atoms with E-state index in [0.29, 0.717) is 21.5 Å². The third kappa shape index (κ3) is 4.03. The Morgan fingerprint density at radius 1 is 1.24 bits per heavy atom. The first kappa shape index (κ1) is 17.9. The highest BCUT2D eigenvalue weighted by molar-refractivity contribution is 8.00. The molecule has 0 fully saturated rings. The average Bonchev–Trinajstić information content (AvgIpc) is 2.61. The van der Waals surface area contributed by atoms with Crippen LogP contribution in [0.5, 0.6) is 5.75 Å². The summed E-state index contributed by atoms with van der Waals surface area (Å²) in [6.45, 7) is 0.0784. The maximum Gasteiger partial charge on any atom is 0.260 e. The van der Waals surface area contributed by atoms with E-state index in [9.17, 15) is 9.59 Å². The molecule has 1 atom stereocenters. The van der Waals surface area contributed by atoms with Crippen LogP contribution in [0.15, 0.2) is 47.4 Å². The Labute approximate surface area is 159 Å². The molecule has 1 aliphatic rings. The monoisotopic (exact) mass is 396 g/mol. The van der Waals surface area contributed by atoms with Crippen LogP contribution in [-0.2, 0) is 9.59 Å². The number of primary amides is 1. The summed E-state index contributed by atoms with van der Waals surface area (Å²) in [5.41, 5.74) is 5.96. The molecular formula is C17H14Cl2N2O3S. The van der Waals surface area contributed by atoms with Gasteiger partial charge >= 0.3 is 0 Å². The molecule has 0 spiro atoms. The Kier molecular flexibility index (Phi) is 5.42. The fraction of sp³-hybridized carbons (Fsp3) is 0.176. The van der Waals surface area contributed by atoms with Crippen LogP contribution in [0.1, 0.15) is 0 Å². The summed E-state index contributed by atoms with van der Waals surface area (Å²) in [7, 11) is 0. The number of nitrogens with zero attached hydrogens (tertiary/aromatic N) is 1. The summed E-state index contributed by atoms with van der Waals surface area (Å²) in [6, 6.07) is 12.1. The van der Waals surface area contributed by atoms with Gasteiger partial charge < -0.3 is 15.4 Å². The maximum atomic E-state index is 12.7. The molecule has 0 saturated carbocycles. The van der Waals surface area contributed by atoms with Gasteiger partial charge in [0.2, 0.25) is 5.91 Å². The molecule has 0 aromatic heterocycles. The van der Waals surface area contributed by atoms with E-state index in [4.69, 9.17) is 33.7 Å². The summed E-state index contributed by atoms with van der Waals surface area (Å²) in [5, 5.41) is 1.07. The van der Waals surface area contributed by atoms with Crippen LogP contribution < -0.4 is 15.4 Å². The van der Waals surface area contributed by atoms with Gasteiger partial charge in [0, 0.05) is 9.92 Å². The molecule has 0 radical (unpaired) electrons. The molecule has 2 aromatic carbocycles. The Balaban J connectivity index is 1.78. The average molecular weight is 397 g/mol. The summed E-state index contributed by atoms with van der Waals surface area (Å²) >= 11 is 13.4. The van der Waals surface area contributed by atoms with Gasteiger partial charge in [0.25, 0.3) is 5.91 Å². The van der Waals surface area contributed by atoms with Crippen molar-refractivity contribution in [3.63, 3.8) is 0 Å². The van der Waals surface area contributed by atoms with Crippen LogP contribution >= 0.6 is 35.0 Å². The van der Waals surface area contributed by atoms with Gasteiger partial charge in [-0.05, 0) is 30.3 Å². The quantitative estimate of drug-likeness (QED) is 0.803. The Morgan fingerprint density at radius 3 is 2.76 bits per heavy atom. The minimum Gasteiger partial charge on any atom is -0.477 e. The lowest BCUT2D eigenvalue weighted by Gasteiger charge is -2.33. The van der Waals surface area contributed by atoms with Crippen molar-refractivity contribution >= 4 is 52.5 Å². The topological polar surface area (TPSA) is 72.6 Å². The van der Waals surface area contributed by atoms with E-state index in [1.165, 1.54) is 16.7 Å². The van der Waals surface area contributed by atoms with E-state index in [0.717, 1.165) is 4.90 Å². The number of halogens is 2. The number of nitrogens with two attached hydrogens (primary N) is 1. The fourth-order valence-corrected chi connectivity index (χ4v) is 3.79. The SMILES string of the molecule is NC(=O)[C@H]1CN(C(=O)CSc2cc(Cl)ccc2Cl)c2ccccc2O1. The molecule has 5 nitrogen and oxygen atoms in total. The second-order valence-corrected chi connectivity index (χ2v) is 7.21. The number of carbonyl (C=O) groups excluding carboxylic acids is 2. The van der Waals surface area contributed by atoms with Crippen LogP contribution in [0, 0.1) is 0 Å². The molecule has 25 heavy (non-hydrogen) atoms. The van der Waals surface area contributed by atoms with Gasteiger partial charge in [-0.1, -0.05) is 35.3 Å². The number of carbonyl (C=O) groups is 2. The number of hydrogen-bond acceptors (Lipinski definition) is 4. The van der Waals surface area contributed by atoms with E-state index in [-0.39, 0.29) is 18.2 Å². The lowest BCUT2D eigenvalue weighted by Crippen LogP contribution is -2.49. The highest BCUT2D eigenvalue weighted by Gasteiger charge is 2.32. The Bertz CT molecular complexity index is 831. The third-order valence-electron chi connectivity index (χ3n) is 3.64. The van der Waals surface area contributed by atoms with Crippen LogP contribution in [0.2, 0.25) is 10.0 Å². The van der Waals surface area contributed by atoms with Gasteiger partial charge in [0.05, 0.1) is 23.0 Å². The number of para-hydroxylation sites is 2. The molecular weight excluding hydrogens is 383 g/mol. The van der Waals surface area contributed by atoms with Gasteiger partial charge in [0.1, 0.15) is 5.75 Å². The highest BCUT2D eigenvalue weighted by atomic mass is 35.5. The van der Waals surface area contributed by atoms with Gasteiger partial charge in [-0.15, -0.1) is 11.8 Å². The van der Waals surface area contributed by atoms with Crippen molar-refractivity contribution in [2.24, 2.45) is 5.73 Å². The second kappa shape index (κ2) is 7.56. The van der Waals surface area contributed by atoms with Crippen molar-refractivity contribution in [1.82, 2.24) is 0 Å². The van der Waals surface area contributed by atoms with E-state index in [1.54, 1.807) is 42.5 Å². The fourth-order valence-electron chi connectivity index (χ4n) is 2.42. The number of amides is 2. The molecule has 0 unspecified atom stereocenters. The zero-order chi connectivity index (χ0) is 18.0. The normalized spacial score (nSPS) is 16.1. The molecule has 0 saturated heterocycles. The molecule has 2 N–H and O–H groups in total. The van der Waals surface area contributed by atoms with E-state index < -0.39 is 12.0 Å². The van der Waals surface area contributed by atoms with Gasteiger partial charge in [-0.3, -0.25) is 9.59 Å². The minimum atomic E-state index is -0.876. The van der Waals surface area contributed by atoms with Crippen LogP contribution in [0.25, 0.3) is 0 Å². The number of benzene rings is 2. The van der Waals surface area contributed by atoms with Crippen LogP contribution in [-0.4, -0.2) is 30.2 Å². The Hall–Kier alpha value is -1.89. The van der Waals surface area contributed by atoms with Crippen molar-refractivity contribution in [2.75, 3.05) is 17.2 Å². The highest BCUT2D eigenvalue weighted by Crippen LogP contribution is 2.35. The third-order valence-corrected chi connectivity index (χ3v) is 5.35. The first-order valence-corrected chi connectivity index (χ1v) is 9.13. The smallest absolute Gasteiger partial charge is 0.260 e. The molecule has 0 aliphatic carbocycles.